The number of aromatic amines is 1. The van der Waals surface area contributed by atoms with Crippen LogP contribution in [0.15, 0.2) is 54.7 Å². The smallest absolute Gasteiger partial charge is 0.309 e. The van der Waals surface area contributed by atoms with E-state index in [4.69, 9.17) is 4.74 Å². The lowest BCUT2D eigenvalue weighted by Gasteiger charge is -2.01. The quantitative estimate of drug-likeness (QED) is 0.805. The van der Waals surface area contributed by atoms with Gasteiger partial charge in [0.15, 0.2) is 0 Å². The maximum absolute atomic E-state index is 11.5. The molecule has 0 amide bonds. The van der Waals surface area contributed by atoms with E-state index in [2.05, 4.69) is 4.98 Å². The molecule has 0 aliphatic heterocycles. The van der Waals surface area contributed by atoms with Gasteiger partial charge in [0.05, 0.1) is 13.0 Å². The molecule has 98 valence electrons. The van der Waals surface area contributed by atoms with Crippen molar-refractivity contribution in [1.29, 1.82) is 0 Å². The first kappa shape index (κ1) is 13.1. The standard InChI is InChI=1S/C16H17NO2/c18-16(19-13-11-15-9-5-12-17-15)10-4-8-14-6-2-1-3-7-14/h1-9,12,17H,10-11,13H2/b8-4+. The second-order valence-electron chi connectivity index (χ2n) is 4.18. The van der Waals surface area contributed by atoms with E-state index in [1.54, 1.807) is 0 Å². The average Bonchev–Trinajstić information content (AvgIpc) is 2.93. The molecule has 0 fully saturated rings. The SMILES string of the molecule is O=C(C/C=C/c1ccccc1)OCCc1ccc[nH]1. The molecule has 0 aliphatic rings. The fourth-order valence-corrected chi connectivity index (χ4v) is 1.71. The maximum Gasteiger partial charge on any atom is 0.309 e. The third-order valence-corrected chi connectivity index (χ3v) is 2.69. The molecule has 19 heavy (non-hydrogen) atoms. The molecule has 0 spiro atoms. The molecule has 1 N–H and O–H groups in total. The first-order chi connectivity index (χ1) is 9.34. The summed E-state index contributed by atoms with van der Waals surface area (Å²) < 4.78 is 5.14. The lowest BCUT2D eigenvalue weighted by molar-refractivity contribution is -0.142. The highest BCUT2D eigenvalue weighted by Gasteiger charge is 2.00. The Labute approximate surface area is 112 Å². The van der Waals surface area contributed by atoms with Gasteiger partial charge in [0.1, 0.15) is 0 Å². The lowest BCUT2D eigenvalue weighted by Crippen LogP contribution is -2.06. The van der Waals surface area contributed by atoms with Crippen molar-refractivity contribution in [2.75, 3.05) is 6.61 Å². The highest BCUT2D eigenvalue weighted by Crippen LogP contribution is 2.02. The zero-order valence-corrected chi connectivity index (χ0v) is 10.7. The van der Waals surface area contributed by atoms with Crippen LogP contribution in [0.5, 0.6) is 0 Å². The molecule has 0 unspecified atom stereocenters. The number of benzene rings is 1. The van der Waals surface area contributed by atoms with Crippen LogP contribution in [0.4, 0.5) is 0 Å². The third-order valence-electron chi connectivity index (χ3n) is 2.69. The van der Waals surface area contributed by atoms with Crippen LogP contribution in [0.1, 0.15) is 17.7 Å². The fraction of sp³-hybridized carbons (Fsp3) is 0.188. The van der Waals surface area contributed by atoms with E-state index in [1.165, 1.54) is 0 Å². The molecule has 3 heteroatoms. The minimum Gasteiger partial charge on any atom is -0.465 e. The number of aromatic nitrogens is 1. The van der Waals surface area contributed by atoms with E-state index in [1.807, 2.05) is 60.8 Å². The van der Waals surface area contributed by atoms with Crippen molar-refractivity contribution in [1.82, 2.24) is 4.98 Å². The second-order valence-corrected chi connectivity index (χ2v) is 4.18. The summed E-state index contributed by atoms with van der Waals surface area (Å²) in [6, 6.07) is 13.8. The first-order valence-electron chi connectivity index (χ1n) is 6.34. The minimum absolute atomic E-state index is 0.196. The number of ether oxygens (including phenoxy) is 1. The van der Waals surface area contributed by atoms with Gasteiger partial charge in [0.25, 0.3) is 0 Å². The average molecular weight is 255 g/mol. The van der Waals surface area contributed by atoms with Crippen LogP contribution in [-0.2, 0) is 16.0 Å². The molecule has 0 bridgehead atoms. The van der Waals surface area contributed by atoms with Gasteiger partial charge in [-0.15, -0.1) is 0 Å². The predicted molar refractivity (Wildman–Crippen MR) is 75.5 cm³/mol. The molecule has 0 saturated carbocycles. The van der Waals surface area contributed by atoms with Crippen LogP contribution in [0.25, 0.3) is 6.08 Å². The van der Waals surface area contributed by atoms with Gasteiger partial charge in [-0.05, 0) is 17.7 Å². The molecule has 1 aromatic carbocycles. The normalized spacial score (nSPS) is 10.7. The molecule has 1 aromatic heterocycles. The van der Waals surface area contributed by atoms with Crippen molar-refractivity contribution in [3.8, 4) is 0 Å². The van der Waals surface area contributed by atoms with E-state index in [0.29, 0.717) is 13.0 Å². The van der Waals surface area contributed by atoms with Crippen molar-refractivity contribution in [2.24, 2.45) is 0 Å². The highest BCUT2D eigenvalue weighted by molar-refractivity contribution is 5.72. The first-order valence-corrected chi connectivity index (χ1v) is 6.34. The lowest BCUT2D eigenvalue weighted by atomic mass is 10.2. The third kappa shape index (κ3) is 4.84. The Hall–Kier alpha value is -2.29. The van der Waals surface area contributed by atoms with Gasteiger partial charge in [-0.25, -0.2) is 0 Å². The molecule has 2 aromatic rings. The molecule has 0 aliphatic carbocycles. The highest BCUT2D eigenvalue weighted by atomic mass is 16.5. The molecule has 3 nitrogen and oxygen atoms in total. The van der Waals surface area contributed by atoms with E-state index >= 15 is 0 Å². The van der Waals surface area contributed by atoms with Crippen molar-refractivity contribution >= 4 is 12.0 Å². The number of carbonyl (C=O) groups is 1. The molecular formula is C16H17NO2. The number of hydrogen-bond acceptors (Lipinski definition) is 2. The van der Waals surface area contributed by atoms with Gasteiger partial charge >= 0.3 is 5.97 Å². The molecule has 0 radical (unpaired) electrons. The van der Waals surface area contributed by atoms with Gasteiger partial charge in [0, 0.05) is 18.3 Å². The molecule has 0 saturated heterocycles. The van der Waals surface area contributed by atoms with E-state index in [-0.39, 0.29) is 5.97 Å². The van der Waals surface area contributed by atoms with Crippen LogP contribution >= 0.6 is 0 Å². The summed E-state index contributed by atoms with van der Waals surface area (Å²) in [5, 5.41) is 0. The summed E-state index contributed by atoms with van der Waals surface area (Å²) in [5.41, 5.74) is 2.16. The summed E-state index contributed by atoms with van der Waals surface area (Å²) in [4.78, 5) is 14.5. The summed E-state index contributed by atoms with van der Waals surface area (Å²) >= 11 is 0. The van der Waals surface area contributed by atoms with Gasteiger partial charge < -0.3 is 9.72 Å². The number of H-pyrrole nitrogens is 1. The summed E-state index contributed by atoms with van der Waals surface area (Å²) in [6.07, 6.45) is 6.64. The summed E-state index contributed by atoms with van der Waals surface area (Å²) in [6.45, 7) is 0.415. The van der Waals surface area contributed by atoms with Crippen LogP contribution in [0.3, 0.4) is 0 Å². The maximum atomic E-state index is 11.5. The Balaban J connectivity index is 1.66. The van der Waals surface area contributed by atoms with Gasteiger partial charge in [0.2, 0.25) is 0 Å². The van der Waals surface area contributed by atoms with E-state index < -0.39 is 0 Å². The number of nitrogens with one attached hydrogen (secondary N) is 1. The Kier molecular flexibility index (Phi) is 4.99. The monoisotopic (exact) mass is 255 g/mol. The number of carbonyl (C=O) groups excluding carboxylic acids is 1. The number of rotatable bonds is 6. The number of hydrogen-bond donors (Lipinski definition) is 1. The van der Waals surface area contributed by atoms with Crippen LogP contribution < -0.4 is 0 Å². The van der Waals surface area contributed by atoms with Gasteiger partial charge in [-0.1, -0.05) is 42.5 Å². The number of esters is 1. The van der Waals surface area contributed by atoms with Crippen molar-refractivity contribution in [2.45, 2.75) is 12.8 Å². The fourth-order valence-electron chi connectivity index (χ4n) is 1.71. The Morgan fingerprint density at radius 2 is 2.00 bits per heavy atom. The second kappa shape index (κ2) is 7.21. The van der Waals surface area contributed by atoms with Gasteiger partial charge in [-0.3, -0.25) is 4.79 Å². The summed E-state index contributed by atoms with van der Waals surface area (Å²) in [7, 11) is 0. The topological polar surface area (TPSA) is 42.1 Å². The minimum atomic E-state index is -0.196. The van der Waals surface area contributed by atoms with Crippen LogP contribution in [-0.4, -0.2) is 17.6 Å². The van der Waals surface area contributed by atoms with Crippen molar-refractivity contribution < 1.29 is 9.53 Å². The molecule has 2 rings (SSSR count). The zero-order valence-electron chi connectivity index (χ0n) is 10.7. The van der Waals surface area contributed by atoms with Crippen molar-refractivity contribution in [3.63, 3.8) is 0 Å². The predicted octanol–water partition coefficient (Wildman–Crippen LogP) is 3.20. The molecule has 1 heterocycles. The Bertz CT molecular complexity index is 515. The molecular weight excluding hydrogens is 238 g/mol. The van der Waals surface area contributed by atoms with E-state index in [9.17, 15) is 4.79 Å². The largest absolute Gasteiger partial charge is 0.465 e. The Morgan fingerprint density at radius 1 is 1.16 bits per heavy atom. The van der Waals surface area contributed by atoms with E-state index in [0.717, 1.165) is 17.7 Å². The zero-order chi connectivity index (χ0) is 13.3. The van der Waals surface area contributed by atoms with Crippen LogP contribution in [0.2, 0.25) is 0 Å². The van der Waals surface area contributed by atoms with Crippen molar-refractivity contribution in [3.05, 3.63) is 66.0 Å². The van der Waals surface area contributed by atoms with Crippen LogP contribution in [0, 0.1) is 0 Å². The molecule has 0 atom stereocenters. The Morgan fingerprint density at radius 3 is 2.74 bits per heavy atom. The summed E-state index contributed by atoms with van der Waals surface area (Å²) in [5.74, 6) is -0.196. The van der Waals surface area contributed by atoms with Gasteiger partial charge in [-0.2, -0.15) is 0 Å².